The molecule has 0 aromatic heterocycles. The van der Waals surface area contributed by atoms with Crippen molar-refractivity contribution in [2.75, 3.05) is 18.5 Å². The van der Waals surface area contributed by atoms with Crippen molar-refractivity contribution in [2.45, 2.75) is 66.3 Å². The van der Waals surface area contributed by atoms with Crippen LogP contribution >= 0.6 is 23.2 Å². The van der Waals surface area contributed by atoms with Crippen LogP contribution in [0.1, 0.15) is 63.6 Å². The molecule has 1 unspecified atom stereocenters. The van der Waals surface area contributed by atoms with Gasteiger partial charge in [0, 0.05) is 11.3 Å². The van der Waals surface area contributed by atoms with Crippen molar-refractivity contribution in [3.05, 3.63) is 57.6 Å². The standard InChI is InChI=1S/C27H38Cl2N2O5Si/c1-26(2,3)23(36-37(7)8)17-9-11-19(12-10-17)31-24(32)18-15-20(28)22(21(29)16-18)34-14-13-30-25(33)35-27(4,5)6/h9-12,15-16,23,37H,13-14H2,1-8H3,(H,30,33)(H,31,32). The van der Waals surface area contributed by atoms with E-state index >= 15 is 0 Å². The van der Waals surface area contributed by atoms with Gasteiger partial charge in [0.1, 0.15) is 12.2 Å². The van der Waals surface area contributed by atoms with E-state index in [2.05, 4.69) is 44.5 Å². The Morgan fingerprint density at radius 1 is 0.973 bits per heavy atom. The molecule has 7 nitrogen and oxygen atoms in total. The van der Waals surface area contributed by atoms with Crippen molar-refractivity contribution < 1.29 is 23.5 Å². The van der Waals surface area contributed by atoms with E-state index in [0.29, 0.717) is 11.3 Å². The minimum atomic E-state index is -1.24. The van der Waals surface area contributed by atoms with Gasteiger partial charge < -0.3 is 24.5 Å². The van der Waals surface area contributed by atoms with Crippen LogP contribution in [0.25, 0.3) is 0 Å². The van der Waals surface area contributed by atoms with Gasteiger partial charge in [0.25, 0.3) is 5.91 Å². The van der Waals surface area contributed by atoms with Crippen molar-refractivity contribution >= 4 is 49.9 Å². The molecular weight excluding hydrogens is 531 g/mol. The van der Waals surface area contributed by atoms with E-state index in [0.717, 1.165) is 5.56 Å². The van der Waals surface area contributed by atoms with Crippen molar-refractivity contribution in [2.24, 2.45) is 5.41 Å². The van der Waals surface area contributed by atoms with E-state index < -0.39 is 20.7 Å². The molecular formula is C27H38Cl2N2O5Si. The Balaban J connectivity index is 2.01. The number of halogens is 2. The zero-order valence-electron chi connectivity index (χ0n) is 22.8. The number of anilines is 1. The van der Waals surface area contributed by atoms with Gasteiger partial charge in [-0.05, 0) is 69.1 Å². The SMILES string of the molecule is C[SiH](C)OC(c1ccc(NC(=O)c2cc(Cl)c(OCCNC(=O)OC(C)(C)C)c(Cl)c2)cc1)C(C)(C)C. The molecule has 1 atom stereocenters. The summed E-state index contributed by atoms with van der Waals surface area (Å²) in [6, 6.07) is 10.6. The van der Waals surface area contributed by atoms with Crippen LogP contribution in [0.15, 0.2) is 36.4 Å². The van der Waals surface area contributed by atoms with Crippen LogP contribution in [0.5, 0.6) is 5.75 Å². The van der Waals surface area contributed by atoms with Gasteiger partial charge in [0.2, 0.25) is 0 Å². The summed E-state index contributed by atoms with van der Waals surface area (Å²) < 4.78 is 17.1. The molecule has 0 aliphatic heterocycles. The predicted octanol–water partition coefficient (Wildman–Crippen LogP) is 7.24. The fraction of sp³-hybridized carbons (Fsp3) is 0.481. The molecule has 0 spiro atoms. The molecule has 204 valence electrons. The third kappa shape index (κ3) is 10.2. The van der Waals surface area contributed by atoms with E-state index in [1.54, 1.807) is 20.8 Å². The van der Waals surface area contributed by atoms with E-state index in [1.807, 2.05) is 24.3 Å². The maximum absolute atomic E-state index is 12.9. The lowest BCUT2D eigenvalue weighted by atomic mass is 9.85. The molecule has 0 saturated heterocycles. The average molecular weight is 570 g/mol. The monoisotopic (exact) mass is 568 g/mol. The van der Waals surface area contributed by atoms with E-state index in [9.17, 15) is 9.59 Å². The van der Waals surface area contributed by atoms with Crippen molar-refractivity contribution in [3.63, 3.8) is 0 Å². The van der Waals surface area contributed by atoms with Gasteiger partial charge in [-0.15, -0.1) is 0 Å². The fourth-order valence-corrected chi connectivity index (χ4v) is 5.15. The van der Waals surface area contributed by atoms with E-state index in [-0.39, 0.29) is 46.4 Å². The summed E-state index contributed by atoms with van der Waals surface area (Å²) in [4.78, 5) is 24.6. The van der Waals surface area contributed by atoms with E-state index in [4.69, 9.17) is 37.1 Å². The zero-order valence-corrected chi connectivity index (χ0v) is 25.5. The first-order valence-corrected chi connectivity index (χ1v) is 15.8. The highest BCUT2D eigenvalue weighted by atomic mass is 35.5. The van der Waals surface area contributed by atoms with Crippen LogP contribution in [-0.4, -0.2) is 39.8 Å². The van der Waals surface area contributed by atoms with Crippen molar-refractivity contribution in [1.82, 2.24) is 5.32 Å². The van der Waals surface area contributed by atoms with Gasteiger partial charge >= 0.3 is 6.09 Å². The summed E-state index contributed by atoms with van der Waals surface area (Å²) in [6.45, 7) is 16.4. The number of alkyl carbamates (subject to hydrolysis) is 1. The lowest BCUT2D eigenvalue weighted by Gasteiger charge is -2.33. The van der Waals surface area contributed by atoms with Crippen molar-refractivity contribution in [3.8, 4) is 5.75 Å². The highest BCUT2D eigenvalue weighted by Crippen LogP contribution is 2.37. The molecule has 0 saturated carbocycles. The Bertz CT molecular complexity index is 1060. The second-order valence-corrected chi connectivity index (χ2v) is 14.2. The van der Waals surface area contributed by atoms with Crippen LogP contribution < -0.4 is 15.4 Å². The minimum Gasteiger partial charge on any atom is -0.489 e. The maximum atomic E-state index is 12.9. The average Bonchev–Trinajstić information content (AvgIpc) is 2.75. The summed E-state index contributed by atoms with van der Waals surface area (Å²) in [7, 11) is -1.24. The molecule has 2 aromatic rings. The molecule has 10 heteroatoms. The highest BCUT2D eigenvalue weighted by Gasteiger charge is 2.28. The summed E-state index contributed by atoms with van der Waals surface area (Å²) in [5.74, 6) is -0.120. The van der Waals surface area contributed by atoms with E-state index in [1.165, 1.54) is 12.1 Å². The summed E-state index contributed by atoms with van der Waals surface area (Å²) in [6.07, 6.45) is -0.565. The molecule has 37 heavy (non-hydrogen) atoms. The summed E-state index contributed by atoms with van der Waals surface area (Å²) in [5, 5.41) is 5.84. The number of nitrogens with one attached hydrogen (secondary N) is 2. The smallest absolute Gasteiger partial charge is 0.407 e. The molecule has 0 bridgehead atoms. The molecule has 0 fully saturated rings. The molecule has 0 radical (unpaired) electrons. The molecule has 2 amide bonds. The molecule has 2 rings (SSSR count). The first kappa shape index (κ1) is 31.0. The second kappa shape index (κ2) is 13.0. The quantitative estimate of drug-likeness (QED) is 0.246. The Labute approximate surface area is 231 Å². The van der Waals surface area contributed by atoms with Crippen LogP contribution in [0.4, 0.5) is 10.5 Å². The second-order valence-electron chi connectivity index (χ2n) is 11.1. The summed E-state index contributed by atoms with van der Waals surface area (Å²) in [5.41, 5.74) is 1.36. The third-order valence-corrected chi connectivity index (χ3v) is 6.32. The van der Waals surface area contributed by atoms with Gasteiger partial charge in [-0.2, -0.15) is 0 Å². The number of carbonyl (C=O) groups excluding carboxylic acids is 2. The molecule has 2 N–H and O–H groups in total. The third-order valence-electron chi connectivity index (χ3n) is 4.94. The highest BCUT2D eigenvalue weighted by molar-refractivity contribution is 6.48. The maximum Gasteiger partial charge on any atom is 0.407 e. The lowest BCUT2D eigenvalue weighted by molar-refractivity contribution is 0.0520. The Kier molecular flexibility index (Phi) is 10.9. The molecule has 0 heterocycles. The predicted molar refractivity (Wildman–Crippen MR) is 153 cm³/mol. The van der Waals surface area contributed by atoms with Crippen LogP contribution in [0, 0.1) is 5.41 Å². The molecule has 2 aromatic carbocycles. The Morgan fingerprint density at radius 3 is 2.03 bits per heavy atom. The Hall–Kier alpha value is -2.26. The summed E-state index contributed by atoms with van der Waals surface area (Å²) >= 11 is 12.7. The number of amides is 2. The number of hydrogen-bond acceptors (Lipinski definition) is 5. The first-order valence-electron chi connectivity index (χ1n) is 12.2. The van der Waals surface area contributed by atoms with Crippen molar-refractivity contribution in [1.29, 1.82) is 0 Å². The van der Waals surface area contributed by atoms with Crippen LogP contribution in [0.2, 0.25) is 23.1 Å². The number of carbonyl (C=O) groups is 2. The Morgan fingerprint density at radius 2 is 1.54 bits per heavy atom. The largest absolute Gasteiger partial charge is 0.489 e. The first-order chi connectivity index (χ1) is 17.1. The molecule has 0 aliphatic rings. The van der Waals surface area contributed by atoms with Gasteiger partial charge in [-0.25, -0.2) is 4.79 Å². The zero-order chi connectivity index (χ0) is 28.0. The fourth-order valence-electron chi connectivity index (χ4n) is 3.45. The number of rotatable bonds is 9. The van der Waals surface area contributed by atoms with Gasteiger partial charge in [-0.3, -0.25) is 4.79 Å². The van der Waals surface area contributed by atoms with Gasteiger partial charge in [0.15, 0.2) is 14.8 Å². The van der Waals surface area contributed by atoms with Crippen LogP contribution in [-0.2, 0) is 9.16 Å². The topological polar surface area (TPSA) is 85.9 Å². The lowest BCUT2D eigenvalue weighted by Crippen LogP contribution is -2.34. The number of benzene rings is 2. The normalized spacial score (nSPS) is 12.7. The van der Waals surface area contributed by atoms with Gasteiger partial charge in [-0.1, -0.05) is 56.1 Å². The van der Waals surface area contributed by atoms with Crippen LogP contribution in [0.3, 0.4) is 0 Å². The van der Waals surface area contributed by atoms with Gasteiger partial charge in [0.05, 0.1) is 22.7 Å². The number of ether oxygens (including phenoxy) is 2. The molecule has 0 aliphatic carbocycles. The minimum absolute atomic E-state index is 0.0200. The number of hydrogen-bond donors (Lipinski definition) is 2.